The van der Waals surface area contributed by atoms with Gasteiger partial charge in [0.2, 0.25) is 0 Å². The Bertz CT molecular complexity index is 1160. The number of hydrogen-bond donors (Lipinski definition) is 0. The zero-order chi connectivity index (χ0) is 21.4. The third kappa shape index (κ3) is 3.51. The van der Waals surface area contributed by atoms with E-state index < -0.39 is 0 Å². The van der Waals surface area contributed by atoms with Crippen LogP contribution in [-0.4, -0.2) is 53.6 Å². The van der Waals surface area contributed by atoms with Crippen LogP contribution in [0.5, 0.6) is 5.75 Å². The zero-order valence-electron chi connectivity index (χ0n) is 17.8. The quantitative estimate of drug-likeness (QED) is 0.669. The average molecular weight is 406 g/mol. The first-order chi connectivity index (χ1) is 14.4. The molecule has 2 heterocycles. The molecule has 2 aromatic carbocycles. The largest absolute Gasteiger partial charge is 0.497 e. The molecule has 0 atom stereocenters. The molecule has 156 valence electrons. The second-order valence-corrected chi connectivity index (χ2v) is 7.73. The van der Waals surface area contributed by atoms with Gasteiger partial charge in [-0.25, -0.2) is 4.98 Å². The minimum Gasteiger partial charge on any atom is -0.497 e. The molecule has 0 spiro atoms. The van der Waals surface area contributed by atoms with Gasteiger partial charge in [-0.15, -0.1) is 0 Å². The molecule has 1 aromatic heterocycles. The lowest BCUT2D eigenvalue weighted by Crippen LogP contribution is -2.50. The average Bonchev–Trinajstić information content (AvgIpc) is 2.77. The Balaban J connectivity index is 1.55. The van der Waals surface area contributed by atoms with E-state index in [1.165, 1.54) is 4.57 Å². The number of carbonyl (C=O) groups excluding carboxylic acids is 1. The molecule has 0 saturated carbocycles. The van der Waals surface area contributed by atoms with Gasteiger partial charge < -0.3 is 19.1 Å². The van der Waals surface area contributed by atoms with Gasteiger partial charge in [-0.05, 0) is 61.4 Å². The topological polar surface area (TPSA) is 67.7 Å². The molecule has 0 radical (unpaired) electrons. The maximum absolute atomic E-state index is 13.1. The normalized spacial score (nSPS) is 14.3. The van der Waals surface area contributed by atoms with Crippen molar-refractivity contribution in [3.8, 4) is 5.75 Å². The number of rotatable bonds is 3. The van der Waals surface area contributed by atoms with Crippen LogP contribution in [0.4, 0.5) is 5.69 Å². The summed E-state index contributed by atoms with van der Waals surface area (Å²) in [6.45, 7) is 6.48. The molecule has 7 nitrogen and oxygen atoms in total. The molecule has 0 bridgehead atoms. The van der Waals surface area contributed by atoms with Crippen molar-refractivity contribution in [3.05, 3.63) is 63.6 Å². The van der Waals surface area contributed by atoms with E-state index in [0.717, 1.165) is 28.1 Å². The predicted octanol–water partition coefficient (Wildman–Crippen LogP) is 2.52. The maximum atomic E-state index is 13.1. The highest BCUT2D eigenvalue weighted by Gasteiger charge is 2.26. The number of nitrogens with zero attached hydrogens (tertiary/aromatic N) is 4. The van der Waals surface area contributed by atoms with E-state index in [9.17, 15) is 9.59 Å². The summed E-state index contributed by atoms with van der Waals surface area (Å²) in [5, 5.41) is 0. The number of anilines is 1. The summed E-state index contributed by atoms with van der Waals surface area (Å²) in [6, 6.07) is 11.8. The highest BCUT2D eigenvalue weighted by atomic mass is 16.5. The van der Waals surface area contributed by atoms with E-state index in [1.807, 2.05) is 50.2 Å². The number of amides is 1. The van der Waals surface area contributed by atoms with Crippen molar-refractivity contribution in [3.63, 3.8) is 0 Å². The highest BCUT2D eigenvalue weighted by Crippen LogP contribution is 2.21. The zero-order valence-corrected chi connectivity index (χ0v) is 17.8. The number of aromatic nitrogens is 2. The first kappa shape index (κ1) is 19.9. The smallest absolute Gasteiger partial charge is 0.282 e. The molecule has 7 heteroatoms. The molecule has 4 rings (SSSR count). The van der Waals surface area contributed by atoms with Crippen LogP contribution >= 0.6 is 0 Å². The van der Waals surface area contributed by atoms with Crippen molar-refractivity contribution in [1.82, 2.24) is 14.5 Å². The molecule has 1 amide bonds. The lowest BCUT2D eigenvalue weighted by Gasteiger charge is -2.36. The number of piperazine rings is 1. The Hall–Kier alpha value is -3.35. The van der Waals surface area contributed by atoms with Crippen molar-refractivity contribution in [2.75, 3.05) is 38.2 Å². The third-order valence-corrected chi connectivity index (χ3v) is 5.90. The first-order valence-electron chi connectivity index (χ1n) is 10.1. The summed E-state index contributed by atoms with van der Waals surface area (Å²) >= 11 is 0. The predicted molar refractivity (Wildman–Crippen MR) is 118 cm³/mol. The standard InChI is InChI=1S/C23H26N4O3/c1-15-13-19-20(14-16(15)2)25(3)22(28)21(24-19)23(29)27-11-9-26(10-12-27)17-5-7-18(30-4)8-6-17/h5-8,13-14H,9-12H2,1-4H3. The Kier molecular flexibility index (Phi) is 5.20. The van der Waals surface area contributed by atoms with Gasteiger partial charge in [0.25, 0.3) is 11.5 Å². The number of ether oxygens (including phenoxy) is 1. The molecule has 0 N–H and O–H groups in total. The number of carbonyl (C=O) groups is 1. The van der Waals surface area contributed by atoms with Gasteiger partial charge in [0.1, 0.15) is 5.75 Å². The lowest BCUT2D eigenvalue weighted by atomic mass is 10.1. The Labute approximate surface area is 175 Å². The maximum Gasteiger partial charge on any atom is 0.282 e. The lowest BCUT2D eigenvalue weighted by molar-refractivity contribution is 0.0738. The minimum absolute atomic E-state index is 0.00819. The van der Waals surface area contributed by atoms with Crippen molar-refractivity contribution in [2.45, 2.75) is 13.8 Å². The van der Waals surface area contributed by atoms with E-state index in [-0.39, 0.29) is 17.2 Å². The molecular formula is C23H26N4O3. The first-order valence-corrected chi connectivity index (χ1v) is 10.1. The van der Waals surface area contributed by atoms with E-state index in [0.29, 0.717) is 31.7 Å². The van der Waals surface area contributed by atoms with Gasteiger partial charge in [0, 0.05) is 38.9 Å². The summed E-state index contributed by atoms with van der Waals surface area (Å²) in [4.78, 5) is 34.3. The monoisotopic (exact) mass is 406 g/mol. The molecule has 0 unspecified atom stereocenters. The highest BCUT2D eigenvalue weighted by molar-refractivity contribution is 5.94. The van der Waals surface area contributed by atoms with Crippen LogP contribution < -0.4 is 15.2 Å². The van der Waals surface area contributed by atoms with Crippen molar-refractivity contribution < 1.29 is 9.53 Å². The van der Waals surface area contributed by atoms with E-state index in [4.69, 9.17) is 4.74 Å². The summed E-state index contributed by atoms with van der Waals surface area (Å²) < 4.78 is 6.73. The van der Waals surface area contributed by atoms with Crippen molar-refractivity contribution in [2.24, 2.45) is 7.05 Å². The van der Waals surface area contributed by atoms with Crippen LogP contribution in [-0.2, 0) is 7.05 Å². The van der Waals surface area contributed by atoms with Gasteiger partial charge in [-0.1, -0.05) is 0 Å². The van der Waals surface area contributed by atoms with Crippen LogP contribution in [0.2, 0.25) is 0 Å². The molecule has 1 saturated heterocycles. The van der Waals surface area contributed by atoms with Crippen LogP contribution in [0.1, 0.15) is 21.6 Å². The Morgan fingerprint density at radius 3 is 2.27 bits per heavy atom. The van der Waals surface area contributed by atoms with E-state index in [2.05, 4.69) is 9.88 Å². The summed E-state index contributed by atoms with van der Waals surface area (Å²) in [7, 11) is 3.34. The second kappa shape index (κ2) is 7.82. The summed E-state index contributed by atoms with van der Waals surface area (Å²) in [6.07, 6.45) is 0. The molecule has 3 aromatic rings. The van der Waals surface area contributed by atoms with Gasteiger partial charge in [0.15, 0.2) is 5.69 Å². The van der Waals surface area contributed by atoms with Crippen molar-refractivity contribution in [1.29, 1.82) is 0 Å². The Morgan fingerprint density at radius 2 is 1.63 bits per heavy atom. The van der Waals surface area contributed by atoms with Crippen LogP contribution in [0.15, 0.2) is 41.2 Å². The molecule has 1 fully saturated rings. The van der Waals surface area contributed by atoms with E-state index >= 15 is 0 Å². The fourth-order valence-electron chi connectivity index (χ4n) is 3.83. The van der Waals surface area contributed by atoms with Gasteiger partial charge >= 0.3 is 0 Å². The molecule has 30 heavy (non-hydrogen) atoms. The Morgan fingerprint density at radius 1 is 1.00 bits per heavy atom. The van der Waals surface area contributed by atoms with Gasteiger partial charge in [0.05, 0.1) is 18.1 Å². The number of fused-ring (bicyclic) bond motifs is 1. The fourth-order valence-corrected chi connectivity index (χ4v) is 3.83. The summed E-state index contributed by atoms with van der Waals surface area (Å²) in [5.41, 5.74) is 4.31. The molecule has 1 aliphatic rings. The number of hydrogen-bond acceptors (Lipinski definition) is 5. The number of benzene rings is 2. The summed E-state index contributed by atoms with van der Waals surface area (Å²) in [5.74, 6) is 0.515. The van der Waals surface area contributed by atoms with Crippen LogP contribution in [0, 0.1) is 13.8 Å². The molecular weight excluding hydrogens is 380 g/mol. The third-order valence-electron chi connectivity index (χ3n) is 5.90. The molecule has 1 aliphatic heterocycles. The molecule has 0 aliphatic carbocycles. The van der Waals surface area contributed by atoms with E-state index in [1.54, 1.807) is 19.1 Å². The fraction of sp³-hybridized carbons (Fsp3) is 0.348. The number of aryl methyl sites for hydroxylation is 3. The van der Waals surface area contributed by atoms with Crippen LogP contribution in [0.25, 0.3) is 11.0 Å². The minimum atomic E-state index is -0.353. The van der Waals surface area contributed by atoms with Crippen LogP contribution in [0.3, 0.4) is 0 Å². The van der Waals surface area contributed by atoms with Gasteiger partial charge in [-0.2, -0.15) is 0 Å². The van der Waals surface area contributed by atoms with Gasteiger partial charge in [-0.3, -0.25) is 9.59 Å². The SMILES string of the molecule is COc1ccc(N2CCN(C(=O)c3nc4cc(C)c(C)cc4n(C)c3=O)CC2)cc1. The second-order valence-electron chi connectivity index (χ2n) is 7.73. The van der Waals surface area contributed by atoms with Crippen molar-refractivity contribution >= 4 is 22.6 Å². The number of methoxy groups -OCH3 is 1.